The van der Waals surface area contributed by atoms with Crippen LogP contribution in [0, 0.1) is 10.1 Å². The van der Waals surface area contributed by atoms with Gasteiger partial charge in [0.2, 0.25) is 0 Å². The SMILES string of the molecule is CCN1c2cc(OC)c(/C=N/Nc3ccc(C(F)(F)F)cc3[N+](=O)[O-])cc2C(C)CC1(C)C. The summed E-state index contributed by atoms with van der Waals surface area (Å²) in [5, 5.41) is 15.3. The number of nitro benzene ring substituents is 1. The summed E-state index contributed by atoms with van der Waals surface area (Å²) < 4.78 is 44.2. The van der Waals surface area contributed by atoms with Crippen LogP contribution in [-0.2, 0) is 6.18 Å². The third kappa shape index (κ3) is 4.89. The lowest BCUT2D eigenvalue weighted by Crippen LogP contribution is -2.48. The number of hydrazone groups is 1. The Bertz CT molecular complexity index is 1080. The molecule has 0 fully saturated rings. The fraction of sp³-hybridized carbons (Fsp3) is 0.435. The average molecular weight is 464 g/mol. The number of alkyl halides is 3. The smallest absolute Gasteiger partial charge is 0.416 e. The van der Waals surface area contributed by atoms with Crippen LogP contribution in [0.15, 0.2) is 35.4 Å². The summed E-state index contributed by atoms with van der Waals surface area (Å²) in [5.41, 5.74) is 3.40. The van der Waals surface area contributed by atoms with Crippen LogP contribution in [-0.4, -0.2) is 30.3 Å². The van der Waals surface area contributed by atoms with E-state index in [0.717, 1.165) is 36.3 Å². The number of fused-ring (bicyclic) bond motifs is 1. The topological polar surface area (TPSA) is 80.0 Å². The Balaban J connectivity index is 1.94. The van der Waals surface area contributed by atoms with Crippen molar-refractivity contribution in [3.63, 3.8) is 0 Å². The first kappa shape index (κ1) is 24.3. The third-order valence-corrected chi connectivity index (χ3v) is 5.96. The number of halogens is 3. The summed E-state index contributed by atoms with van der Waals surface area (Å²) in [5.74, 6) is 0.865. The zero-order valence-corrected chi connectivity index (χ0v) is 19.2. The van der Waals surface area contributed by atoms with Crippen molar-refractivity contribution in [1.82, 2.24) is 0 Å². The summed E-state index contributed by atoms with van der Waals surface area (Å²) in [6.45, 7) is 9.51. The Kier molecular flexibility index (Phi) is 6.58. The van der Waals surface area contributed by atoms with Crippen LogP contribution >= 0.6 is 0 Å². The molecule has 1 aliphatic rings. The number of anilines is 2. The first-order chi connectivity index (χ1) is 15.4. The summed E-state index contributed by atoms with van der Waals surface area (Å²) in [6, 6.07) is 6.18. The number of nitrogens with one attached hydrogen (secondary N) is 1. The molecule has 2 aromatic carbocycles. The lowest BCUT2D eigenvalue weighted by Gasteiger charge is -2.47. The lowest BCUT2D eigenvalue weighted by atomic mass is 9.79. The molecule has 0 aliphatic carbocycles. The number of benzene rings is 2. The van der Waals surface area contributed by atoms with Crippen molar-refractivity contribution in [3.8, 4) is 5.75 Å². The van der Waals surface area contributed by atoms with Gasteiger partial charge < -0.3 is 9.64 Å². The molecule has 0 radical (unpaired) electrons. The first-order valence-corrected chi connectivity index (χ1v) is 10.5. The van der Waals surface area contributed by atoms with E-state index in [2.05, 4.69) is 43.1 Å². The molecule has 33 heavy (non-hydrogen) atoms. The quantitative estimate of drug-likeness (QED) is 0.314. The van der Waals surface area contributed by atoms with Gasteiger partial charge in [0.15, 0.2) is 0 Å². The predicted octanol–water partition coefficient (Wildman–Crippen LogP) is 6.18. The van der Waals surface area contributed by atoms with Crippen molar-refractivity contribution in [2.75, 3.05) is 24.0 Å². The highest BCUT2D eigenvalue weighted by molar-refractivity contribution is 5.87. The molecule has 1 N–H and O–H groups in total. The highest BCUT2D eigenvalue weighted by Crippen LogP contribution is 2.45. The summed E-state index contributed by atoms with van der Waals surface area (Å²) in [6.07, 6.45) is -2.27. The highest BCUT2D eigenvalue weighted by atomic mass is 19.4. The summed E-state index contributed by atoms with van der Waals surface area (Å²) in [7, 11) is 1.54. The second kappa shape index (κ2) is 8.92. The van der Waals surface area contributed by atoms with E-state index in [1.807, 2.05) is 12.1 Å². The summed E-state index contributed by atoms with van der Waals surface area (Å²) in [4.78, 5) is 12.7. The number of rotatable bonds is 6. The number of methoxy groups -OCH3 is 1. The van der Waals surface area contributed by atoms with Crippen molar-refractivity contribution >= 4 is 23.3 Å². The monoisotopic (exact) mass is 464 g/mol. The first-order valence-electron chi connectivity index (χ1n) is 10.5. The molecule has 7 nitrogen and oxygen atoms in total. The van der Waals surface area contributed by atoms with Gasteiger partial charge in [-0.1, -0.05) is 6.92 Å². The maximum absolute atomic E-state index is 12.9. The molecule has 2 aromatic rings. The normalized spacial score (nSPS) is 17.7. The maximum atomic E-state index is 12.9. The molecule has 0 spiro atoms. The van der Waals surface area contributed by atoms with Crippen LogP contribution in [0.25, 0.3) is 0 Å². The van der Waals surface area contributed by atoms with Crippen LogP contribution in [0.1, 0.15) is 56.7 Å². The zero-order valence-electron chi connectivity index (χ0n) is 19.2. The molecule has 3 rings (SSSR count). The molecule has 178 valence electrons. The van der Waals surface area contributed by atoms with E-state index in [9.17, 15) is 23.3 Å². The molecule has 1 aliphatic heterocycles. The second-order valence-electron chi connectivity index (χ2n) is 8.67. The van der Waals surface area contributed by atoms with Crippen molar-refractivity contribution in [2.24, 2.45) is 5.10 Å². The molecule has 1 unspecified atom stereocenters. The minimum Gasteiger partial charge on any atom is -0.496 e. The summed E-state index contributed by atoms with van der Waals surface area (Å²) >= 11 is 0. The van der Waals surface area contributed by atoms with Crippen molar-refractivity contribution in [2.45, 2.75) is 51.7 Å². The molecule has 1 heterocycles. The van der Waals surface area contributed by atoms with Gasteiger partial charge in [0.25, 0.3) is 5.69 Å². The van der Waals surface area contributed by atoms with Gasteiger partial charge in [-0.2, -0.15) is 18.3 Å². The highest BCUT2D eigenvalue weighted by Gasteiger charge is 2.36. The molecule has 0 saturated heterocycles. The third-order valence-electron chi connectivity index (χ3n) is 5.96. The maximum Gasteiger partial charge on any atom is 0.416 e. The molecular formula is C23H27F3N4O3. The number of hydrogen-bond acceptors (Lipinski definition) is 6. The molecule has 0 aromatic heterocycles. The minimum atomic E-state index is -4.68. The van der Waals surface area contributed by atoms with Gasteiger partial charge in [-0.3, -0.25) is 15.5 Å². The average Bonchev–Trinajstić information content (AvgIpc) is 2.72. The molecule has 0 saturated carbocycles. The Labute approximate surface area is 190 Å². The van der Waals surface area contributed by atoms with E-state index in [0.29, 0.717) is 23.3 Å². The largest absolute Gasteiger partial charge is 0.496 e. The molecule has 0 amide bonds. The van der Waals surface area contributed by atoms with Crippen molar-refractivity contribution in [1.29, 1.82) is 0 Å². The Morgan fingerprint density at radius 2 is 2.03 bits per heavy atom. The number of hydrogen-bond donors (Lipinski definition) is 1. The van der Waals surface area contributed by atoms with Gasteiger partial charge in [0.05, 0.1) is 23.8 Å². The van der Waals surface area contributed by atoms with E-state index < -0.39 is 22.4 Å². The fourth-order valence-electron chi connectivity index (χ4n) is 4.53. The van der Waals surface area contributed by atoms with Gasteiger partial charge in [-0.15, -0.1) is 0 Å². The van der Waals surface area contributed by atoms with Gasteiger partial charge in [0.1, 0.15) is 11.4 Å². The van der Waals surface area contributed by atoms with E-state index in [1.165, 1.54) is 6.21 Å². The van der Waals surface area contributed by atoms with Gasteiger partial charge in [0, 0.05) is 35.5 Å². The van der Waals surface area contributed by atoms with Crippen LogP contribution < -0.4 is 15.1 Å². The van der Waals surface area contributed by atoms with Gasteiger partial charge in [-0.05, 0) is 56.9 Å². The number of nitro groups is 1. The zero-order chi connectivity index (χ0) is 24.6. The van der Waals surface area contributed by atoms with E-state index in [1.54, 1.807) is 7.11 Å². The molecular weight excluding hydrogens is 437 g/mol. The van der Waals surface area contributed by atoms with Crippen LogP contribution in [0.4, 0.5) is 30.2 Å². The van der Waals surface area contributed by atoms with Crippen LogP contribution in [0.3, 0.4) is 0 Å². The Morgan fingerprint density at radius 1 is 1.33 bits per heavy atom. The molecule has 0 bridgehead atoms. The van der Waals surface area contributed by atoms with Crippen molar-refractivity contribution < 1.29 is 22.8 Å². The minimum absolute atomic E-state index is 0.00908. The number of ether oxygens (including phenoxy) is 1. The van der Waals surface area contributed by atoms with Crippen molar-refractivity contribution in [3.05, 3.63) is 57.1 Å². The Hall–Kier alpha value is -3.30. The van der Waals surface area contributed by atoms with Gasteiger partial charge in [-0.25, -0.2) is 0 Å². The standard InChI is InChI=1S/C23H27F3N4O3/c1-6-29-19-11-21(33-5)15(9-17(19)14(2)12-22(29,3)4)13-27-28-18-8-7-16(23(24,25)26)10-20(18)30(31)32/h7-11,13-14,28H,6,12H2,1-5H3/b27-13+. The van der Waals surface area contributed by atoms with E-state index in [-0.39, 0.29) is 11.2 Å². The van der Waals surface area contributed by atoms with Crippen LogP contribution in [0.2, 0.25) is 0 Å². The van der Waals surface area contributed by atoms with E-state index in [4.69, 9.17) is 4.74 Å². The van der Waals surface area contributed by atoms with E-state index >= 15 is 0 Å². The fourth-order valence-corrected chi connectivity index (χ4v) is 4.53. The predicted molar refractivity (Wildman–Crippen MR) is 122 cm³/mol. The van der Waals surface area contributed by atoms with Crippen LogP contribution in [0.5, 0.6) is 5.75 Å². The Morgan fingerprint density at radius 3 is 2.61 bits per heavy atom. The lowest BCUT2D eigenvalue weighted by molar-refractivity contribution is -0.384. The number of nitrogens with zero attached hydrogens (tertiary/aromatic N) is 3. The second-order valence-corrected chi connectivity index (χ2v) is 8.67. The molecule has 10 heteroatoms. The van der Waals surface area contributed by atoms with Gasteiger partial charge >= 0.3 is 6.18 Å². The molecule has 1 atom stereocenters.